The number of pyridine rings is 1. The number of aromatic nitrogens is 1. The first-order valence-corrected chi connectivity index (χ1v) is 5.36. The third-order valence-electron chi connectivity index (χ3n) is 2.03. The molecule has 0 spiro atoms. The van der Waals surface area contributed by atoms with Crippen molar-refractivity contribution in [2.24, 2.45) is 0 Å². The molecule has 0 aromatic carbocycles. The van der Waals surface area contributed by atoms with E-state index >= 15 is 0 Å². The molecule has 0 N–H and O–H groups in total. The molecule has 0 radical (unpaired) electrons. The average molecular weight is 243 g/mol. The maximum Gasteiger partial charge on any atom is 0.143 e. The Hall–Kier alpha value is -0.570. The molecule has 1 aromatic heterocycles. The molecule has 3 heteroatoms. The van der Waals surface area contributed by atoms with Gasteiger partial charge in [-0.25, -0.2) is 4.98 Å². The summed E-state index contributed by atoms with van der Waals surface area (Å²) in [7, 11) is 0. The van der Waals surface area contributed by atoms with Crippen molar-refractivity contribution < 1.29 is 0 Å². The van der Waals surface area contributed by atoms with Crippen molar-refractivity contribution in [3.63, 3.8) is 0 Å². The summed E-state index contributed by atoms with van der Waals surface area (Å²) in [5, 5.41) is 0. The van der Waals surface area contributed by atoms with Crippen molar-refractivity contribution in [1.29, 1.82) is 0 Å². The number of rotatable bonds is 3. The molecule has 0 unspecified atom stereocenters. The Morgan fingerprint density at radius 2 is 1.92 bits per heavy atom. The first-order valence-electron chi connectivity index (χ1n) is 4.57. The molecule has 0 aliphatic rings. The van der Waals surface area contributed by atoms with E-state index in [9.17, 15) is 0 Å². The Labute approximate surface area is 88.1 Å². The van der Waals surface area contributed by atoms with E-state index in [0.29, 0.717) is 0 Å². The van der Waals surface area contributed by atoms with Crippen molar-refractivity contribution in [3.05, 3.63) is 22.3 Å². The van der Waals surface area contributed by atoms with Gasteiger partial charge in [-0.2, -0.15) is 0 Å². The smallest absolute Gasteiger partial charge is 0.143 e. The van der Waals surface area contributed by atoms with Crippen molar-refractivity contribution >= 4 is 21.7 Å². The lowest BCUT2D eigenvalue weighted by Crippen LogP contribution is -2.23. The van der Waals surface area contributed by atoms with Gasteiger partial charge in [0.15, 0.2) is 0 Å². The Bertz CT molecular complexity index is 282. The van der Waals surface area contributed by atoms with Crippen molar-refractivity contribution in [2.75, 3.05) is 18.0 Å². The van der Waals surface area contributed by atoms with Crippen LogP contribution in [0.15, 0.2) is 16.6 Å². The van der Waals surface area contributed by atoms with Gasteiger partial charge in [-0.3, -0.25) is 0 Å². The molecule has 0 saturated carbocycles. The van der Waals surface area contributed by atoms with Crippen LogP contribution in [-0.4, -0.2) is 18.1 Å². The summed E-state index contributed by atoms with van der Waals surface area (Å²) in [6.45, 7) is 8.27. The van der Waals surface area contributed by atoms with Crippen LogP contribution in [0.3, 0.4) is 0 Å². The van der Waals surface area contributed by atoms with Gasteiger partial charge in [0.25, 0.3) is 0 Å². The second kappa shape index (κ2) is 4.61. The molecule has 72 valence electrons. The standard InChI is InChI=1S/C10H15BrN2/c1-4-13(5-2)10-9(11)7-6-8(3)12-10/h6-7H,4-5H2,1-3H3. The van der Waals surface area contributed by atoms with Crippen molar-refractivity contribution in [2.45, 2.75) is 20.8 Å². The number of halogens is 1. The van der Waals surface area contributed by atoms with Crippen LogP contribution < -0.4 is 4.90 Å². The predicted octanol–water partition coefficient (Wildman–Crippen LogP) is 3.00. The van der Waals surface area contributed by atoms with Gasteiger partial charge in [-0.05, 0) is 48.8 Å². The second-order valence-electron chi connectivity index (χ2n) is 2.93. The molecule has 0 aliphatic carbocycles. The number of hydrogen-bond donors (Lipinski definition) is 0. The van der Waals surface area contributed by atoms with E-state index in [-0.39, 0.29) is 0 Å². The maximum absolute atomic E-state index is 4.49. The molecule has 0 bridgehead atoms. The van der Waals surface area contributed by atoms with Gasteiger partial charge in [-0.1, -0.05) is 0 Å². The van der Waals surface area contributed by atoms with Gasteiger partial charge in [0.05, 0.1) is 4.47 Å². The summed E-state index contributed by atoms with van der Waals surface area (Å²) in [6.07, 6.45) is 0. The molecule has 0 saturated heterocycles. The zero-order valence-electron chi connectivity index (χ0n) is 8.34. The van der Waals surface area contributed by atoms with E-state index in [1.165, 1.54) is 0 Å². The molecule has 1 rings (SSSR count). The normalized spacial score (nSPS) is 10.2. The molecule has 0 aliphatic heterocycles. The first kappa shape index (κ1) is 10.5. The van der Waals surface area contributed by atoms with Gasteiger partial charge in [0.1, 0.15) is 5.82 Å². The van der Waals surface area contributed by atoms with Gasteiger partial charge in [-0.15, -0.1) is 0 Å². The third-order valence-corrected chi connectivity index (χ3v) is 2.65. The third kappa shape index (κ3) is 2.44. The van der Waals surface area contributed by atoms with Crippen LogP contribution >= 0.6 is 15.9 Å². The highest BCUT2D eigenvalue weighted by Gasteiger charge is 2.07. The highest BCUT2D eigenvalue weighted by atomic mass is 79.9. The van der Waals surface area contributed by atoms with E-state index in [0.717, 1.165) is 29.1 Å². The SMILES string of the molecule is CCN(CC)c1nc(C)ccc1Br. The van der Waals surface area contributed by atoms with Crippen LogP contribution in [0.1, 0.15) is 19.5 Å². The lowest BCUT2D eigenvalue weighted by atomic mass is 10.3. The van der Waals surface area contributed by atoms with Gasteiger partial charge < -0.3 is 4.90 Å². The van der Waals surface area contributed by atoms with E-state index in [4.69, 9.17) is 0 Å². The average Bonchev–Trinajstić information content (AvgIpc) is 2.13. The van der Waals surface area contributed by atoms with Crippen LogP contribution in [0.5, 0.6) is 0 Å². The molecular formula is C10H15BrN2. The van der Waals surface area contributed by atoms with Crippen LogP contribution in [0.2, 0.25) is 0 Å². The Balaban J connectivity index is 3.03. The highest BCUT2D eigenvalue weighted by molar-refractivity contribution is 9.10. The first-order chi connectivity index (χ1) is 6.19. The lowest BCUT2D eigenvalue weighted by Gasteiger charge is -2.21. The minimum Gasteiger partial charge on any atom is -0.356 e. The second-order valence-corrected chi connectivity index (χ2v) is 3.78. The number of aryl methyl sites for hydroxylation is 1. The fourth-order valence-corrected chi connectivity index (χ4v) is 1.74. The number of anilines is 1. The highest BCUT2D eigenvalue weighted by Crippen LogP contribution is 2.23. The summed E-state index contributed by atoms with van der Waals surface area (Å²) in [5.41, 5.74) is 1.06. The topological polar surface area (TPSA) is 16.1 Å². The Kier molecular flexibility index (Phi) is 3.72. The molecule has 1 aromatic rings. The monoisotopic (exact) mass is 242 g/mol. The predicted molar refractivity (Wildman–Crippen MR) is 60.2 cm³/mol. The maximum atomic E-state index is 4.49. The van der Waals surface area contributed by atoms with Crippen LogP contribution in [0.25, 0.3) is 0 Å². The Morgan fingerprint density at radius 1 is 1.31 bits per heavy atom. The largest absolute Gasteiger partial charge is 0.356 e. The molecule has 0 atom stereocenters. The van der Waals surface area contributed by atoms with Crippen molar-refractivity contribution in [1.82, 2.24) is 4.98 Å². The van der Waals surface area contributed by atoms with Gasteiger partial charge in [0, 0.05) is 18.8 Å². The van der Waals surface area contributed by atoms with Crippen molar-refractivity contribution in [3.8, 4) is 0 Å². The number of hydrogen-bond acceptors (Lipinski definition) is 2. The summed E-state index contributed by atoms with van der Waals surface area (Å²) in [6, 6.07) is 4.06. The molecule has 0 amide bonds. The fraction of sp³-hybridized carbons (Fsp3) is 0.500. The molecule has 1 heterocycles. The van der Waals surface area contributed by atoms with E-state index in [1.807, 2.05) is 13.0 Å². The van der Waals surface area contributed by atoms with Gasteiger partial charge in [0.2, 0.25) is 0 Å². The zero-order valence-corrected chi connectivity index (χ0v) is 9.93. The minimum absolute atomic E-state index is 0.992. The minimum atomic E-state index is 0.992. The summed E-state index contributed by atoms with van der Waals surface area (Å²) in [5.74, 6) is 1.05. The molecule has 2 nitrogen and oxygen atoms in total. The summed E-state index contributed by atoms with van der Waals surface area (Å²) < 4.78 is 1.07. The quantitative estimate of drug-likeness (QED) is 0.811. The lowest BCUT2D eigenvalue weighted by molar-refractivity contribution is 0.839. The fourth-order valence-electron chi connectivity index (χ4n) is 1.27. The number of nitrogens with zero attached hydrogens (tertiary/aromatic N) is 2. The van der Waals surface area contributed by atoms with E-state index in [2.05, 4.69) is 45.7 Å². The van der Waals surface area contributed by atoms with Crippen LogP contribution in [0.4, 0.5) is 5.82 Å². The summed E-state index contributed by atoms with van der Waals surface area (Å²) >= 11 is 3.51. The van der Waals surface area contributed by atoms with Crippen LogP contribution in [0, 0.1) is 6.92 Å². The van der Waals surface area contributed by atoms with Gasteiger partial charge >= 0.3 is 0 Å². The Morgan fingerprint density at radius 3 is 2.46 bits per heavy atom. The van der Waals surface area contributed by atoms with E-state index < -0.39 is 0 Å². The molecule has 13 heavy (non-hydrogen) atoms. The van der Waals surface area contributed by atoms with E-state index in [1.54, 1.807) is 0 Å². The molecule has 0 fully saturated rings. The molecular weight excluding hydrogens is 228 g/mol. The zero-order chi connectivity index (χ0) is 9.84. The summed E-state index contributed by atoms with van der Waals surface area (Å²) in [4.78, 5) is 6.73. The van der Waals surface area contributed by atoms with Crippen LogP contribution in [-0.2, 0) is 0 Å².